The van der Waals surface area contributed by atoms with E-state index >= 15 is 0 Å². The van der Waals surface area contributed by atoms with Crippen LogP contribution in [0.4, 0.5) is 0 Å². The molecule has 0 atom stereocenters. The molecule has 0 radical (unpaired) electrons. The number of hydrogen-bond acceptors (Lipinski definition) is 0. The van der Waals surface area contributed by atoms with Gasteiger partial charge in [0.1, 0.15) is 0 Å². The number of unbranched alkanes of at least 4 members (excludes halogenated alkanes) is 1. The van der Waals surface area contributed by atoms with Crippen molar-refractivity contribution in [1.29, 1.82) is 0 Å². The maximum atomic E-state index is 3.50. The Morgan fingerprint density at radius 2 is 2.08 bits per heavy atom. The standard InChI is InChI=1S/C11H15Br/c1-3-4-5-10-6-7-11(12)9(2)8-10/h6-8H,3-5H2,1-2H3. The molecule has 0 aliphatic heterocycles. The third kappa shape index (κ3) is 2.63. The second-order valence-corrected chi connectivity index (χ2v) is 4.04. The molecule has 0 bridgehead atoms. The van der Waals surface area contributed by atoms with E-state index in [1.807, 2.05) is 0 Å². The van der Waals surface area contributed by atoms with Crippen molar-refractivity contribution < 1.29 is 0 Å². The van der Waals surface area contributed by atoms with Crippen molar-refractivity contribution in [2.45, 2.75) is 33.1 Å². The van der Waals surface area contributed by atoms with Gasteiger partial charge in [0.15, 0.2) is 0 Å². The summed E-state index contributed by atoms with van der Waals surface area (Å²) in [5, 5.41) is 0. The molecular weight excluding hydrogens is 212 g/mol. The molecule has 12 heavy (non-hydrogen) atoms. The van der Waals surface area contributed by atoms with Gasteiger partial charge in [-0.2, -0.15) is 0 Å². The summed E-state index contributed by atoms with van der Waals surface area (Å²) in [5.74, 6) is 0. The van der Waals surface area contributed by atoms with Gasteiger partial charge in [-0.05, 0) is 37.0 Å². The quantitative estimate of drug-likeness (QED) is 0.729. The molecule has 0 heterocycles. The summed E-state index contributed by atoms with van der Waals surface area (Å²) in [6.07, 6.45) is 3.78. The third-order valence-electron chi connectivity index (χ3n) is 2.04. The third-order valence-corrected chi connectivity index (χ3v) is 2.93. The lowest BCUT2D eigenvalue weighted by molar-refractivity contribution is 0.794. The summed E-state index contributed by atoms with van der Waals surface area (Å²) in [6, 6.07) is 6.60. The first-order valence-corrected chi connectivity index (χ1v) is 5.28. The molecule has 1 rings (SSSR count). The highest BCUT2D eigenvalue weighted by atomic mass is 79.9. The molecule has 0 amide bonds. The molecule has 0 spiro atoms. The normalized spacial score (nSPS) is 10.2. The number of rotatable bonds is 3. The zero-order valence-electron chi connectivity index (χ0n) is 7.73. The fourth-order valence-electron chi connectivity index (χ4n) is 1.24. The Hall–Kier alpha value is -0.300. The van der Waals surface area contributed by atoms with Gasteiger partial charge in [0.05, 0.1) is 0 Å². The van der Waals surface area contributed by atoms with E-state index < -0.39 is 0 Å². The average Bonchev–Trinajstić information content (AvgIpc) is 2.07. The van der Waals surface area contributed by atoms with Crippen LogP contribution in [-0.2, 0) is 6.42 Å². The Kier molecular flexibility index (Phi) is 3.80. The van der Waals surface area contributed by atoms with Crippen molar-refractivity contribution in [3.05, 3.63) is 33.8 Å². The van der Waals surface area contributed by atoms with Crippen LogP contribution in [0.15, 0.2) is 22.7 Å². The molecule has 0 N–H and O–H groups in total. The lowest BCUT2D eigenvalue weighted by atomic mass is 10.1. The van der Waals surface area contributed by atoms with Crippen molar-refractivity contribution in [2.24, 2.45) is 0 Å². The van der Waals surface area contributed by atoms with E-state index in [1.165, 1.54) is 34.9 Å². The maximum Gasteiger partial charge on any atom is 0.0204 e. The zero-order valence-corrected chi connectivity index (χ0v) is 9.32. The molecular formula is C11H15Br. The fourth-order valence-corrected chi connectivity index (χ4v) is 1.49. The molecule has 1 heteroatoms. The minimum Gasteiger partial charge on any atom is -0.0654 e. The summed E-state index contributed by atoms with van der Waals surface area (Å²) in [6.45, 7) is 4.37. The van der Waals surface area contributed by atoms with Crippen LogP contribution in [0.1, 0.15) is 30.9 Å². The SMILES string of the molecule is CCCCc1ccc(Br)c(C)c1. The van der Waals surface area contributed by atoms with Gasteiger partial charge in [-0.3, -0.25) is 0 Å². The predicted octanol–water partition coefficient (Wildman–Crippen LogP) is 4.10. The molecule has 0 saturated heterocycles. The van der Waals surface area contributed by atoms with E-state index in [2.05, 4.69) is 48.0 Å². The Morgan fingerprint density at radius 3 is 2.67 bits per heavy atom. The molecule has 0 aliphatic rings. The van der Waals surface area contributed by atoms with Crippen LogP contribution in [0.25, 0.3) is 0 Å². The van der Waals surface area contributed by atoms with E-state index in [9.17, 15) is 0 Å². The summed E-state index contributed by atoms with van der Waals surface area (Å²) >= 11 is 3.50. The lowest BCUT2D eigenvalue weighted by Crippen LogP contribution is -1.86. The monoisotopic (exact) mass is 226 g/mol. The molecule has 0 unspecified atom stereocenters. The van der Waals surface area contributed by atoms with Gasteiger partial charge in [-0.15, -0.1) is 0 Å². The lowest BCUT2D eigenvalue weighted by Gasteiger charge is -2.02. The molecule has 1 aromatic rings. The van der Waals surface area contributed by atoms with Gasteiger partial charge in [0, 0.05) is 4.47 Å². The minimum atomic E-state index is 1.21. The van der Waals surface area contributed by atoms with Crippen LogP contribution < -0.4 is 0 Å². The van der Waals surface area contributed by atoms with Crippen molar-refractivity contribution in [2.75, 3.05) is 0 Å². The predicted molar refractivity (Wildman–Crippen MR) is 57.5 cm³/mol. The van der Waals surface area contributed by atoms with Gasteiger partial charge in [-0.25, -0.2) is 0 Å². The smallest absolute Gasteiger partial charge is 0.0204 e. The van der Waals surface area contributed by atoms with E-state index in [4.69, 9.17) is 0 Å². The first-order chi connectivity index (χ1) is 5.74. The second kappa shape index (κ2) is 4.66. The van der Waals surface area contributed by atoms with Gasteiger partial charge in [0.2, 0.25) is 0 Å². The van der Waals surface area contributed by atoms with Gasteiger partial charge >= 0.3 is 0 Å². The molecule has 0 aromatic heterocycles. The van der Waals surface area contributed by atoms with Crippen molar-refractivity contribution >= 4 is 15.9 Å². The van der Waals surface area contributed by atoms with Crippen LogP contribution in [-0.4, -0.2) is 0 Å². The highest BCUT2D eigenvalue weighted by Gasteiger charge is 1.96. The molecule has 0 saturated carbocycles. The summed E-state index contributed by atoms with van der Waals surface area (Å²) in [4.78, 5) is 0. The van der Waals surface area contributed by atoms with Crippen LogP contribution in [0.2, 0.25) is 0 Å². The minimum absolute atomic E-state index is 1.21. The van der Waals surface area contributed by atoms with Crippen molar-refractivity contribution in [1.82, 2.24) is 0 Å². The highest BCUT2D eigenvalue weighted by Crippen LogP contribution is 2.18. The topological polar surface area (TPSA) is 0 Å². The van der Waals surface area contributed by atoms with Crippen molar-refractivity contribution in [3.8, 4) is 0 Å². The fraction of sp³-hybridized carbons (Fsp3) is 0.455. The van der Waals surface area contributed by atoms with E-state index in [-0.39, 0.29) is 0 Å². The Morgan fingerprint density at radius 1 is 1.33 bits per heavy atom. The second-order valence-electron chi connectivity index (χ2n) is 3.19. The number of benzene rings is 1. The summed E-state index contributed by atoms with van der Waals surface area (Å²) < 4.78 is 1.21. The first-order valence-electron chi connectivity index (χ1n) is 4.49. The number of aryl methyl sites for hydroxylation is 2. The summed E-state index contributed by atoms with van der Waals surface area (Å²) in [5.41, 5.74) is 2.79. The van der Waals surface area contributed by atoms with E-state index in [0.717, 1.165) is 0 Å². The summed E-state index contributed by atoms with van der Waals surface area (Å²) in [7, 11) is 0. The molecule has 0 nitrogen and oxygen atoms in total. The van der Waals surface area contributed by atoms with E-state index in [1.54, 1.807) is 0 Å². The molecule has 0 aliphatic carbocycles. The van der Waals surface area contributed by atoms with Crippen LogP contribution >= 0.6 is 15.9 Å². The Labute approximate surface area is 83.1 Å². The Bertz CT molecular complexity index is 253. The van der Waals surface area contributed by atoms with Crippen LogP contribution in [0.5, 0.6) is 0 Å². The molecule has 1 aromatic carbocycles. The van der Waals surface area contributed by atoms with Crippen LogP contribution in [0, 0.1) is 6.92 Å². The first kappa shape index (κ1) is 9.79. The highest BCUT2D eigenvalue weighted by molar-refractivity contribution is 9.10. The Balaban J connectivity index is 2.69. The van der Waals surface area contributed by atoms with Gasteiger partial charge in [-0.1, -0.05) is 41.4 Å². The average molecular weight is 227 g/mol. The number of hydrogen-bond donors (Lipinski definition) is 0. The van der Waals surface area contributed by atoms with E-state index in [0.29, 0.717) is 0 Å². The van der Waals surface area contributed by atoms with Gasteiger partial charge < -0.3 is 0 Å². The molecule has 0 fully saturated rings. The van der Waals surface area contributed by atoms with Gasteiger partial charge in [0.25, 0.3) is 0 Å². The number of halogens is 1. The molecule has 66 valence electrons. The van der Waals surface area contributed by atoms with Crippen LogP contribution in [0.3, 0.4) is 0 Å². The zero-order chi connectivity index (χ0) is 8.97. The van der Waals surface area contributed by atoms with Crippen molar-refractivity contribution in [3.63, 3.8) is 0 Å². The maximum absolute atomic E-state index is 3.50. The largest absolute Gasteiger partial charge is 0.0654 e.